The maximum atomic E-state index is 12.1. The maximum absolute atomic E-state index is 12.1. The summed E-state index contributed by atoms with van der Waals surface area (Å²) < 4.78 is 6.64. The van der Waals surface area contributed by atoms with E-state index in [2.05, 4.69) is 24.3 Å². The molecule has 0 radical (unpaired) electrons. The summed E-state index contributed by atoms with van der Waals surface area (Å²) in [5.74, 6) is 0.129. The second-order valence-corrected chi connectivity index (χ2v) is 6.34. The highest BCUT2D eigenvalue weighted by atomic mass is 32.1. The summed E-state index contributed by atoms with van der Waals surface area (Å²) in [6, 6.07) is 1.88. The van der Waals surface area contributed by atoms with E-state index in [0.717, 1.165) is 15.9 Å². The number of hydrogen-bond donors (Lipinski definition) is 2. The first kappa shape index (κ1) is 15.9. The number of nitrogens with one attached hydrogen (secondary N) is 1. The molecule has 1 atom stereocenters. The molecule has 0 bridgehead atoms. The number of nitrogens with zero attached hydrogens (tertiary/aromatic N) is 2. The van der Waals surface area contributed by atoms with Crippen LogP contribution in [0.15, 0.2) is 6.07 Å². The third-order valence-corrected chi connectivity index (χ3v) is 4.37. The minimum atomic E-state index is -0.693. The highest BCUT2D eigenvalue weighted by Crippen LogP contribution is 2.31. The second kappa shape index (κ2) is 6.55. The van der Waals surface area contributed by atoms with Crippen molar-refractivity contribution in [1.29, 1.82) is 0 Å². The number of rotatable bonds is 6. The first-order valence-electron chi connectivity index (χ1n) is 6.85. The van der Waals surface area contributed by atoms with Crippen LogP contribution in [0, 0.1) is 0 Å². The van der Waals surface area contributed by atoms with Crippen LogP contribution in [0.5, 0.6) is 0 Å². The molecule has 6 nitrogen and oxygen atoms in total. The highest BCUT2D eigenvalue weighted by Gasteiger charge is 2.18. The van der Waals surface area contributed by atoms with Crippen molar-refractivity contribution in [2.75, 3.05) is 20.3 Å². The minimum Gasteiger partial charge on any atom is -0.389 e. The van der Waals surface area contributed by atoms with Crippen molar-refractivity contribution in [2.24, 2.45) is 7.05 Å². The molecule has 2 N–H and O–H groups in total. The molecule has 1 unspecified atom stereocenters. The van der Waals surface area contributed by atoms with E-state index in [9.17, 15) is 9.90 Å². The fraction of sp³-hybridized carbons (Fsp3) is 0.571. The van der Waals surface area contributed by atoms with Crippen LogP contribution in [0.1, 0.15) is 35.1 Å². The third kappa shape index (κ3) is 3.42. The first-order valence-corrected chi connectivity index (χ1v) is 7.67. The number of carbonyl (C=O) groups excluding carboxylic acids is 1. The standard InChI is InChI=1S/C14H21N3O3S/c1-8(2)12-10-5-11(21-14(10)17(3)16-12)13(19)15-6-9(18)7-20-4/h5,8-9,18H,6-7H2,1-4H3,(H,15,19). The SMILES string of the molecule is COCC(O)CNC(=O)c1cc2c(C(C)C)nn(C)c2s1. The number of ether oxygens (including phenoxy) is 1. The van der Waals surface area contributed by atoms with Gasteiger partial charge in [0.05, 0.1) is 23.3 Å². The van der Waals surface area contributed by atoms with Crippen LogP contribution in [0.25, 0.3) is 10.2 Å². The Bertz CT molecular complexity index is 633. The van der Waals surface area contributed by atoms with Crippen molar-refractivity contribution in [3.63, 3.8) is 0 Å². The first-order chi connectivity index (χ1) is 9.93. The number of amides is 1. The molecule has 7 heteroatoms. The zero-order chi connectivity index (χ0) is 15.6. The Morgan fingerprint density at radius 3 is 2.90 bits per heavy atom. The molecule has 1 amide bonds. The number of aliphatic hydroxyl groups is 1. The van der Waals surface area contributed by atoms with Crippen molar-refractivity contribution in [3.8, 4) is 0 Å². The fourth-order valence-corrected chi connectivity index (χ4v) is 3.15. The molecule has 0 saturated carbocycles. The molecule has 0 aliphatic carbocycles. The van der Waals surface area contributed by atoms with Gasteiger partial charge < -0.3 is 15.2 Å². The van der Waals surface area contributed by atoms with E-state index >= 15 is 0 Å². The van der Waals surface area contributed by atoms with E-state index < -0.39 is 6.10 Å². The van der Waals surface area contributed by atoms with Gasteiger partial charge in [-0.3, -0.25) is 9.48 Å². The summed E-state index contributed by atoms with van der Waals surface area (Å²) in [5.41, 5.74) is 1.00. The quantitative estimate of drug-likeness (QED) is 0.847. The normalized spacial score (nSPS) is 13.0. The van der Waals surface area contributed by atoms with Crippen molar-refractivity contribution >= 4 is 27.5 Å². The summed E-state index contributed by atoms with van der Waals surface area (Å²) in [4.78, 5) is 13.7. The topological polar surface area (TPSA) is 76.4 Å². The van der Waals surface area contributed by atoms with E-state index in [0.29, 0.717) is 10.8 Å². The summed E-state index contributed by atoms with van der Waals surface area (Å²) in [6.07, 6.45) is -0.693. The van der Waals surface area contributed by atoms with Crippen LogP contribution < -0.4 is 5.32 Å². The molecule has 0 saturated heterocycles. The Morgan fingerprint density at radius 1 is 1.57 bits per heavy atom. The Kier molecular flexibility index (Phi) is 4.97. The van der Waals surface area contributed by atoms with Crippen LogP contribution in [0.3, 0.4) is 0 Å². The lowest BCUT2D eigenvalue weighted by Crippen LogP contribution is -2.33. The number of fused-ring (bicyclic) bond motifs is 1. The molecule has 2 rings (SSSR count). The van der Waals surface area contributed by atoms with Crippen LogP contribution in [-0.2, 0) is 11.8 Å². The largest absolute Gasteiger partial charge is 0.389 e. The average molecular weight is 311 g/mol. The van der Waals surface area contributed by atoms with Gasteiger partial charge in [0.1, 0.15) is 4.83 Å². The van der Waals surface area contributed by atoms with Gasteiger partial charge in [0, 0.05) is 26.1 Å². The van der Waals surface area contributed by atoms with Crippen LogP contribution >= 0.6 is 11.3 Å². The summed E-state index contributed by atoms with van der Waals surface area (Å²) in [5, 5.41) is 17.8. The Morgan fingerprint density at radius 2 is 2.29 bits per heavy atom. The van der Waals surface area contributed by atoms with Gasteiger partial charge in [-0.15, -0.1) is 11.3 Å². The smallest absolute Gasteiger partial charge is 0.261 e. The number of aliphatic hydroxyl groups excluding tert-OH is 1. The van der Waals surface area contributed by atoms with Gasteiger partial charge in [0.15, 0.2) is 0 Å². The Balaban J connectivity index is 2.15. The predicted octanol–water partition coefficient (Wildman–Crippen LogP) is 1.50. The molecule has 0 aliphatic heterocycles. The molecule has 2 heterocycles. The molecule has 0 spiro atoms. The zero-order valence-corrected chi connectivity index (χ0v) is 13.5. The third-order valence-electron chi connectivity index (χ3n) is 3.17. The maximum Gasteiger partial charge on any atom is 0.261 e. The van der Waals surface area contributed by atoms with Crippen LogP contribution in [0.2, 0.25) is 0 Å². The predicted molar refractivity (Wildman–Crippen MR) is 82.9 cm³/mol. The van der Waals surface area contributed by atoms with Crippen molar-refractivity contribution in [2.45, 2.75) is 25.9 Å². The number of carbonyl (C=O) groups is 1. The summed E-state index contributed by atoms with van der Waals surface area (Å²) in [6.45, 7) is 4.55. The van der Waals surface area contributed by atoms with Gasteiger partial charge in [-0.05, 0) is 12.0 Å². The molecule has 116 valence electrons. The van der Waals surface area contributed by atoms with E-state index in [-0.39, 0.29) is 19.1 Å². The molecule has 0 fully saturated rings. The molecule has 2 aromatic heterocycles. The van der Waals surface area contributed by atoms with Gasteiger partial charge in [-0.25, -0.2) is 0 Å². The summed E-state index contributed by atoms with van der Waals surface area (Å²) in [7, 11) is 3.40. The van der Waals surface area contributed by atoms with Crippen LogP contribution in [-0.4, -0.2) is 47.2 Å². The number of thiophene rings is 1. The van der Waals surface area contributed by atoms with Gasteiger partial charge >= 0.3 is 0 Å². The lowest BCUT2D eigenvalue weighted by molar-refractivity contribution is 0.0611. The lowest BCUT2D eigenvalue weighted by atomic mass is 10.1. The number of aromatic nitrogens is 2. The monoisotopic (exact) mass is 311 g/mol. The Hall–Kier alpha value is -1.44. The van der Waals surface area contributed by atoms with Crippen molar-refractivity contribution < 1.29 is 14.6 Å². The molecule has 0 aliphatic rings. The molecular weight excluding hydrogens is 290 g/mol. The zero-order valence-electron chi connectivity index (χ0n) is 12.7. The number of hydrogen-bond acceptors (Lipinski definition) is 5. The number of methoxy groups -OCH3 is 1. The van der Waals surface area contributed by atoms with Gasteiger partial charge in [-0.2, -0.15) is 5.10 Å². The number of aryl methyl sites for hydroxylation is 1. The van der Waals surface area contributed by atoms with Gasteiger partial charge in [0.2, 0.25) is 0 Å². The molecule has 0 aromatic carbocycles. The lowest BCUT2D eigenvalue weighted by Gasteiger charge is -2.09. The van der Waals surface area contributed by atoms with E-state index in [1.807, 2.05) is 17.8 Å². The average Bonchev–Trinajstić information content (AvgIpc) is 2.97. The minimum absolute atomic E-state index is 0.177. The van der Waals surface area contributed by atoms with Crippen LogP contribution in [0.4, 0.5) is 0 Å². The highest BCUT2D eigenvalue weighted by molar-refractivity contribution is 7.20. The molecule has 21 heavy (non-hydrogen) atoms. The van der Waals surface area contributed by atoms with E-state index in [4.69, 9.17) is 4.74 Å². The van der Waals surface area contributed by atoms with E-state index in [1.54, 1.807) is 0 Å². The van der Waals surface area contributed by atoms with Crippen molar-refractivity contribution in [1.82, 2.24) is 15.1 Å². The van der Waals surface area contributed by atoms with Gasteiger partial charge in [0.25, 0.3) is 5.91 Å². The van der Waals surface area contributed by atoms with E-state index in [1.165, 1.54) is 18.4 Å². The second-order valence-electron chi connectivity index (χ2n) is 5.31. The van der Waals surface area contributed by atoms with Gasteiger partial charge in [-0.1, -0.05) is 13.8 Å². The molecular formula is C14H21N3O3S. The fourth-order valence-electron chi connectivity index (χ4n) is 2.15. The Labute approximate surface area is 127 Å². The summed E-state index contributed by atoms with van der Waals surface area (Å²) >= 11 is 1.41. The van der Waals surface area contributed by atoms with Crippen molar-refractivity contribution in [3.05, 3.63) is 16.6 Å². The molecule has 2 aromatic rings.